The Morgan fingerprint density at radius 2 is 0.500 bits per heavy atom. The molecule has 66 heavy (non-hydrogen) atoms. The van der Waals surface area contributed by atoms with Crippen molar-refractivity contribution in [2.75, 3.05) is 13.2 Å². The van der Waals surface area contributed by atoms with Crippen molar-refractivity contribution in [1.29, 1.82) is 0 Å². The van der Waals surface area contributed by atoms with Crippen molar-refractivity contribution in [3.05, 3.63) is 24.3 Å². The standard InChI is InChI=1S/C60H112O6/c1-4-7-10-13-16-19-22-25-27-29-31-32-35-38-41-44-47-50-53-59(62)65-56-57(55-64-58(61)52-49-46-43-40-37-34-24-21-18-15-12-9-6-3)66-60(63)54-51-48-45-42-39-36-33-30-28-26-23-20-17-14-11-8-5-2/h31-32,34,37,57H,4-30,33,35-36,38-56H2,1-3H3/b32-31-,37-34-. The molecular weight excluding hydrogens is 817 g/mol. The van der Waals surface area contributed by atoms with Crippen LogP contribution in [0.15, 0.2) is 24.3 Å². The smallest absolute Gasteiger partial charge is 0.306 e. The van der Waals surface area contributed by atoms with Crippen LogP contribution in [-0.4, -0.2) is 37.2 Å². The molecule has 0 saturated heterocycles. The third-order valence-corrected chi connectivity index (χ3v) is 13.2. The Kier molecular flexibility index (Phi) is 53.7. The predicted octanol–water partition coefficient (Wildman–Crippen LogP) is 19.5. The first-order chi connectivity index (χ1) is 32.5. The number of hydrogen-bond donors (Lipinski definition) is 0. The first kappa shape index (κ1) is 63.9. The fraction of sp³-hybridized carbons (Fsp3) is 0.883. The quantitative estimate of drug-likeness (QED) is 0.0262. The minimum Gasteiger partial charge on any atom is -0.462 e. The molecule has 0 saturated carbocycles. The van der Waals surface area contributed by atoms with Gasteiger partial charge in [0, 0.05) is 19.3 Å². The molecule has 1 atom stereocenters. The van der Waals surface area contributed by atoms with E-state index in [2.05, 4.69) is 45.1 Å². The Bertz CT molecular complexity index is 1070. The normalized spacial score (nSPS) is 12.1. The molecule has 388 valence electrons. The zero-order valence-electron chi connectivity index (χ0n) is 44.5. The zero-order chi connectivity index (χ0) is 47.9. The summed E-state index contributed by atoms with van der Waals surface area (Å²) >= 11 is 0. The van der Waals surface area contributed by atoms with E-state index in [1.807, 2.05) is 0 Å². The lowest BCUT2D eigenvalue weighted by Gasteiger charge is -2.18. The second-order valence-electron chi connectivity index (χ2n) is 19.9. The van der Waals surface area contributed by atoms with E-state index in [0.29, 0.717) is 19.3 Å². The maximum absolute atomic E-state index is 12.9. The van der Waals surface area contributed by atoms with E-state index in [9.17, 15) is 14.4 Å². The van der Waals surface area contributed by atoms with Crippen LogP contribution in [0.5, 0.6) is 0 Å². The Hall–Kier alpha value is -2.11. The van der Waals surface area contributed by atoms with Gasteiger partial charge in [-0.05, 0) is 70.6 Å². The fourth-order valence-corrected chi connectivity index (χ4v) is 8.73. The fourth-order valence-electron chi connectivity index (χ4n) is 8.73. The number of rotatable bonds is 54. The van der Waals surface area contributed by atoms with Crippen molar-refractivity contribution < 1.29 is 28.6 Å². The van der Waals surface area contributed by atoms with Gasteiger partial charge in [0.2, 0.25) is 0 Å². The number of esters is 3. The summed E-state index contributed by atoms with van der Waals surface area (Å²) in [7, 11) is 0. The van der Waals surface area contributed by atoms with Crippen LogP contribution in [0.2, 0.25) is 0 Å². The average molecular weight is 930 g/mol. The number of allylic oxidation sites excluding steroid dienone is 4. The van der Waals surface area contributed by atoms with E-state index in [0.717, 1.165) is 77.0 Å². The zero-order valence-corrected chi connectivity index (χ0v) is 44.5. The van der Waals surface area contributed by atoms with Crippen LogP contribution in [0.25, 0.3) is 0 Å². The van der Waals surface area contributed by atoms with Crippen molar-refractivity contribution in [3.8, 4) is 0 Å². The van der Waals surface area contributed by atoms with Crippen LogP contribution in [0.1, 0.15) is 323 Å². The summed E-state index contributed by atoms with van der Waals surface area (Å²) in [4.78, 5) is 38.1. The summed E-state index contributed by atoms with van der Waals surface area (Å²) in [6.07, 6.45) is 64.6. The SMILES string of the molecule is CCCCCCCC/C=C\CCCCCC(=O)OCC(COC(=O)CCCCCCC/C=C\CCCCCCCCCCC)OC(=O)CCCCCCCCCCCCCCCCCCC. The van der Waals surface area contributed by atoms with Crippen molar-refractivity contribution in [1.82, 2.24) is 0 Å². The minimum absolute atomic E-state index is 0.0760. The van der Waals surface area contributed by atoms with Gasteiger partial charge in [-0.2, -0.15) is 0 Å². The largest absolute Gasteiger partial charge is 0.462 e. The van der Waals surface area contributed by atoms with Crippen molar-refractivity contribution in [3.63, 3.8) is 0 Å². The molecule has 0 N–H and O–H groups in total. The Balaban J connectivity index is 4.34. The van der Waals surface area contributed by atoms with Gasteiger partial charge in [0.05, 0.1) is 0 Å². The maximum Gasteiger partial charge on any atom is 0.306 e. The van der Waals surface area contributed by atoms with E-state index < -0.39 is 6.10 Å². The molecule has 0 rings (SSSR count). The van der Waals surface area contributed by atoms with Gasteiger partial charge in [-0.3, -0.25) is 14.4 Å². The monoisotopic (exact) mass is 929 g/mol. The van der Waals surface area contributed by atoms with Crippen LogP contribution in [0, 0.1) is 0 Å². The molecule has 0 spiro atoms. The van der Waals surface area contributed by atoms with E-state index in [1.54, 1.807) is 0 Å². The first-order valence-corrected chi connectivity index (χ1v) is 29.3. The molecule has 0 aromatic rings. The number of carbonyl (C=O) groups excluding carboxylic acids is 3. The second-order valence-corrected chi connectivity index (χ2v) is 19.9. The highest BCUT2D eigenvalue weighted by Gasteiger charge is 2.19. The molecule has 0 aliphatic carbocycles. The van der Waals surface area contributed by atoms with Gasteiger partial charge in [0.25, 0.3) is 0 Å². The van der Waals surface area contributed by atoms with Crippen LogP contribution in [0.4, 0.5) is 0 Å². The summed E-state index contributed by atoms with van der Waals surface area (Å²) in [6, 6.07) is 0. The molecule has 0 radical (unpaired) electrons. The molecule has 0 bridgehead atoms. The van der Waals surface area contributed by atoms with Gasteiger partial charge in [-0.1, -0.05) is 257 Å². The van der Waals surface area contributed by atoms with Gasteiger partial charge in [-0.15, -0.1) is 0 Å². The Morgan fingerprint density at radius 1 is 0.288 bits per heavy atom. The van der Waals surface area contributed by atoms with Crippen molar-refractivity contribution >= 4 is 17.9 Å². The van der Waals surface area contributed by atoms with Crippen LogP contribution < -0.4 is 0 Å². The van der Waals surface area contributed by atoms with Gasteiger partial charge in [0.1, 0.15) is 13.2 Å². The second kappa shape index (κ2) is 55.5. The summed E-state index contributed by atoms with van der Waals surface area (Å²) in [5.41, 5.74) is 0. The van der Waals surface area contributed by atoms with Crippen LogP contribution in [-0.2, 0) is 28.6 Å². The molecule has 6 nitrogen and oxygen atoms in total. The average Bonchev–Trinajstić information content (AvgIpc) is 3.31. The topological polar surface area (TPSA) is 78.9 Å². The molecule has 0 amide bonds. The summed E-state index contributed by atoms with van der Waals surface area (Å²) in [5.74, 6) is -0.879. The molecule has 0 aliphatic heterocycles. The minimum atomic E-state index is -0.777. The third-order valence-electron chi connectivity index (χ3n) is 13.2. The highest BCUT2D eigenvalue weighted by molar-refractivity contribution is 5.71. The van der Waals surface area contributed by atoms with E-state index >= 15 is 0 Å². The number of carbonyl (C=O) groups is 3. The number of unbranched alkanes of at least 4 members (excludes halogenated alkanes) is 39. The third kappa shape index (κ3) is 52.9. The maximum atomic E-state index is 12.9. The van der Waals surface area contributed by atoms with Crippen LogP contribution in [0.3, 0.4) is 0 Å². The lowest BCUT2D eigenvalue weighted by molar-refractivity contribution is -0.167. The molecule has 0 heterocycles. The molecule has 1 unspecified atom stereocenters. The summed E-state index contributed by atoms with van der Waals surface area (Å²) in [5, 5.41) is 0. The first-order valence-electron chi connectivity index (χ1n) is 29.3. The Morgan fingerprint density at radius 3 is 0.773 bits per heavy atom. The predicted molar refractivity (Wildman–Crippen MR) is 284 cm³/mol. The van der Waals surface area contributed by atoms with Gasteiger partial charge in [-0.25, -0.2) is 0 Å². The molecule has 0 aliphatic rings. The molecular formula is C60H112O6. The van der Waals surface area contributed by atoms with Crippen molar-refractivity contribution in [2.45, 2.75) is 329 Å². The number of ether oxygens (including phenoxy) is 3. The van der Waals surface area contributed by atoms with E-state index in [-0.39, 0.29) is 31.1 Å². The van der Waals surface area contributed by atoms with Crippen molar-refractivity contribution in [2.24, 2.45) is 0 Å². The lowest BCUT2D eigenvalue weighted by Crippen LogP contribution is -2.30. The van der Waals surface area contributed by atoms with Gasteiger partial charge in [0.15, 0.2) is 6.10 Å². The van der Waals surface area contributed by atoms with E-state index in [1.165, 1.54) is 205 Å². The summed E-state index contributed by atoms with van der Waals surface area (Å²) in [6.45, 7) is 6.66. The molecule has 0 fully saturated rings. The molecule has 0 aromatic carbocycles. The Labute approximate surface area is 411 Å². The summed E-state index contributed by atoms with van der Waals surface area (Å²) < 4.78 is 16.9. The van der Waals surface area contributed by atoms with Crippen LogP contribution >= 0.6 is 0 Å². The van der Waals surface area contributed by atoms with Gasteiger partial charge >= 0.3 is 17.9 Å². The lowest BCUT2D eigenvalue weighted by atomic mass is 10.0. The molecule has 0 aromatic heterocycles. The van der Waals surface area contributed by atoms with Gasteiger partial charge < -0.3 is 14.2 Å². The molecule has 6 heteroatoms. The van der Waals surface area contributed by atoms with E-state index in [4.69, 9.17) is 14.2 Å². The number of hydrogen-bond acceptors (Lipinski definition) is 6. The highest BCUT2D eigenvalue weighted by Crippen LogP contribution is 2.17. The highest BCUT2D eigenvalue weighted by atomic mass is 16.6.